The Hall–Kier alpha value is -0.820. The van der Waals surface area contributed by atoms with Crippen LogP contribution in [0.15, 0.2) is 36.4 Å². The van der Waals surface area contributed by atoms with Gasteiger partial charge in [0.25, 0.3) is 0 Å². The van der Waals surface area contributed by atoms with Crippen LogP contribution in [0.1, 0.15) is 35.7 Å². The summed E-state index contributed by atoms with van der Waals surface area (Å²) in [5, 5.41) is 2.76. The molecule has 0 aliphatic heterocycles. The summed E-state index contributed by atoms with van der Waals surface area (Å²) in [6.45, 7) is 4.40. The van der Waals surface area contributed by atoms with Crippen LogP contribution in [0.3, 0.4) is 0 Å². The molecule has 0 nitrogen and oxygen atoms in total. The zero-order valence-corrected chi connectivity index (χ0v) is 11.4. The quantitative estimate of drug-likeness (QED) is 0.660. The topological polar surface area (TPSA) is 0 Å². The second-order valence-electron chi connectivity index (χ2n) is 4.27. The third-order valence-electron chi connectivity index (χ3n) is 3.06. The van der Waals surface area contributed by atoms with Crippen molar-refractivity contribution < 1.29 is 0 Å². The zero-order valence-electron chi connectivity index (χ0n) is 9.83. The molecule has 0 fully saturated rings. The van der Waals surface area contributed by atoms with Gasteiger partial charge >= 0.3 is 0 Å². The van der Waals surface area contributed by atoms with Crippen molar-refractivity contribution >= 4 is 26.7 Å². The highest BCUT2D eigenvalue weighted by atomic mass is 79.9. The van der Waals surface area contributed by atoms with E-state index in [1.807, 2.05) is 0 Å². The molecule has 16 heavy (non-hydrogen) atoms. The molecule has 0 N–H and O–H groups in total. The second-order valence-corrected chi connectivity index (χ2v) is 5.38. The van der Waals surface area contributed by atoms with E-state index in [0.717, 1.165) is 0 Å². The molecule has 0 aliphatic carbocycles. The van der Waals surface area contributed by atoms with Crippen molar-refractivity contribution in [3.63, 3.8) is 0 Å². The highest BCUT2D eigenvalue weighted by molar-refractivity contribution is 9.09. The Kier molecular flexibility index (Phi) is 3.65. The Labute approximate surface area is 106 Å². The highest BCUT2D eigenvalue weighted by Crippen LogP contribution is 2.34. The summed E-state index contributed by atoms with van der Waals surface area (Å²) in [6, 6.07) is 13.1. The number of benzene rings is 2. The van der Waals surface area contributed by atoms with Gasteiger partial charge in [0.2, 0.25) is 0 Å². The number of hydrogen-bond acceptors (Lipinski definition) is 0. The molecule has 0 aliphatic rings. The minimum Gasteiger partial charge on any atom is -0.0839 e. The summed E-state index contributed by atoms with van der Waals surface area (Å²) in [5.41, 5.74) is 2.78. The first-order chi connectivity index (χ1) is 7.74. The minimum atomic E-state index is 0.475. The van der Waals surface area contributed by atoms with Crippen LogP contribution in [0.4, 0.5) is 0 Å². The number of halogens is 1. The lowest BCUT2D eigenvalue weighted by atomic mass is 9.97. The molecule has 84 valence electrons. The van der Waals surface area contributed by atoms with E-state index in [0.29, 0.717) is 4.83 Å². The Bertz CT molecular complexity index is 488. The van der Waals surface area contributed by atoms with E-state index in [4.69, 9.17) is 0 Å². The maximum absolute atomic E-state index is 3.79. The van der Waals surface area contributed by atoms with E-state index in [1.165, 1.54) is 34.7 Å². The smallest absolute Gasteiger partial charge is 0.0401 e. The molecule has 1 atom stereocenters. The molecule has 0 bridgehead atoms. The fourth-order valence-electron chi connectivity index (χ4n) is 2.16. The number of alkyl halides is 1. The van der Waals surface area contributed by atoms with Crippen LogP contribution < -0.4 is 0 Å². The van der Waals surface area contributed by atoms with Crippen molar-refractivity contribution in [3.05, 3.63) is 47.5 Å². The summed E-state index contributed by atoms with van der Waals surface area (Å²) in [7, 11) is 0. The fraction of sp³-hybridized carbons (Fsp3) is 0.333. The number of hydrogen-bond donors (Lipinski definition) is 0. The average Bonchev–Trinajstić information content (AvgIpc) is 2.30. The first kappa shape index (κ1) is 11.7. The third kappa shape index (κ3) is 2.15. The number of rotatable bonds is 3. The lowest BCUT2D eigenvalue weighted by Crippen LogP contribution is -1.92. The molecule has 2 rings (SSSR count). The van der Waals surface area contributed by atoms with Crippen molar-refractivity contribution in [1.29, 1.82) is 0 Å². The predicted octanol–water partition coefficient (Wildman–Crippen LogP) is 5.38. The maximum atomic E-state index is 3.79. The molecule has 0 aromatic heterocycles. The molecular formula is C15H17Br. The van der Waals surface area contributed by atoms with Gasteiger partial charge < -0.3 is 0 Å². The van der Waals surface area contributed by atoms with Crippen LogP contribution in [0.5, 0.6) is 0 Å². The van der Waals surface area contributed by atoms with Crippen LogP contribution in [0.2, 0.25) is 0 Å². The summed E-state index contributed by atoms with van der Waals surface area (Å²) < 4.78 is 0. The lowest BCUT2D eigenvalue weighted by Gasteiger charge is -2.13. The van der Waals surface area contributed by atoms with Gasteiger partial charge in [-0.05, 0) is 35.2 Å². The Morgan fingerprint density at radius 1 is 1.06 bits per heavy atom. The highest BCUT2D eigenvalue weighted by Gasteiger charge is 2.10. The summed E-state index contributed by atoms with van der Waals surface area (Å²) >= 11 is 3.79. The molecule has 0 saturated heterocycles. The number of aryl methyl sites for hydroxylation is 1. The van der Waals surface area contributed by atoms with Crippen molar-refractivity contribution in [2.45, 2.75) is 31.5 Å². The molecule has 2 aromatic rings. The molecule has 0 spiro atoms. The second kappa shape index (κ2) is 5.01. The van der Waals surface area contributed by atoms with E-state index >= 15 is 0 Å². The minimum absolute atomic E-state index is 0.475. The molecule has 2 aromatic carbocycles. The van der Waals surface area contributed by atoms with Gasteiger partial charge in [-0.25, -0.2) is 0 Å². The van der Waals surface area contributed by atoms with E-state index < -0.39 is 0 Å². The third-order valence-corrected chi connectivity index (χ3v) is 4.01. The average molecular weight is 277 g/mol. The predicted molar refractivity (Wildman–Crippen MR) is 75.3 cm³/mol. The standard InChI is InChI=1S/C15H17Br/c1-3-6-15(16)14-10-9-11(2)12-7-4-5-8-13(12)14/h4-5,7-10,15H,3,6H2,1-2H3. The van der Waals surface area contributed by atoms with Crippen molar-refractivity contribution in [1.82, 2.24) is 0 Å². The molecule has 1 heteroatoms. The van der Waals surface area contributed by atoms with E-state index in [9.17, 15) is 0 Å². The monoisotopic (exact) mass is 276 g/mol. The SMILES string of the molecule is CCCC(Br)c1ccc(C)c2ccccc12. The molecule has 0 heterocycles. The molecular weight excluding hydrogens is 260 g/mol. The van der Waals surface area contributed by atoms with Crippen LogP contribution in [0, 0.1) is 6.92 Å². The molecule has 0 amide bonds. The van der Waals surface area contributed by atoms with Gasteiger partial charge in [-0.1, -0.05) is 65.7 Å². The van der Waals surface area contributed by atoms with Gasteiger partial charge in [0.1, 0.15) is 0 Å². The van der Waals surface area contributed by atoms with Crippen LogP contribution in [0.25, 0.3) is 10.8 Å². The van der Waals surface area contributed by atoms with Crippen LogP contribution >= 0.6 is 15.9 Å². The molecule has 0 saturated carbocycles. The lowest BCUT2D eigenvalue weighted by molar-refractivity contribution is 0.792. The Morgan fingerprint density at radius 3 is 2.44 bits per heavy atom. The molecule has 0 radical (unpaired) electrons. The van der Waals surface area contributed by atoms with Crippen LogP contribution in [-0.2, 0) is 0 Å². The van der Waals surface area contributed by atoms with Crippen molar-refractivity contribution in [3.8, 4) is 0 Å². The maximum Gasteiger partial charge on any atom is 0.0401 e. The summed E-state index contributed by atoms with van der Waals surface area (Å²) in [4.78, 5) is 0.475. The van der Waals surface area contributed by atoms with E-state index in [1.54, 1.807) is 0 Å². The van der Waals surface area contributed by atoms with E-state index in [2.05, 4.69) is 66.2 Å². The fourth-order valence-corrected chi connectivity index (χ4v) is 3.01. The van der Waals surface area contributed by atoms with Gasteiger partial charge in [-0.15, -0.1) is 0 Å². The van der Waals surface area contributed by atoms with Gasteiger partial charge in [-0.2, -0.15) is 0 Å². The first-order valence-corrected chi connectivity index (χ1v) is 6.78. The summed E-state index contributed by atoms with van der Waals surface area (Å²) in [6.07, 6.45) is 2.39. The zero-order chi connectivity index (χ0) is 11.5. The number of fused-ring (bicyclic) bond motifs is 1. The van der Waals surface area contributed by atoms with Gasteiger partial charge in [0.05, 0.1) is 0 Å². The Balaban J connectivity index is 2.58. The normalized spacial score (nSPS) is 12.9. The van der Waals surface area contributed by atoms with Gasteiger partial charge in [0, 0.05) is 4.83 Å². The first-order valence-electron chi connectivity index (χ1n) is 5.86. The Morgan fingerprint density at radius 2 is 1.75 bits per heavy atom. The van der Waals surface area contributed by atoms with Gasteiger partial charge in [0.15, 0.2) is 0 Å². The largest absolute Gasteiger partial charge is 0.0839 e. The van der Waals surface area contributed by atoms with Crippen LogP contribution in [-0.4, -0.2) is 0 Å². The van der Waals surface area contributed by atoms with Gasteiger partial charge in [-0.3, -0.25) is 0 Å². The van der Waals surface area contributed by atoms with Crippen molar-refractivity contribution in [2.24, 2.45) is 0 Å². The summed E-state index contributed by atoms with van der Waals surface area (Å²) in [5.74, 6) is 0. The molecule has 1 unspecified atom stereocenters. The van der Waals surface area contributed by atoms with E-state index in [-0.39, 0.29) is 0 Å². The van der Waals surface area contributed by atoms with Crippen molar-refractivity contribution in [2.75, 3.05) is 0 Å².